The van der Waals surface area contributed by atoms with Gasteiger partial charge in [-0.25, -0.2) is 0 Å². The monoisotopic (exact) mass is 362 g/mol. The molecule has 1 saturated heterocycles. The number of rotatable bonds is 10. The quantitative estimate of drug-likeness (QED) is 0.460. The van der Waals surface area contributed by atoms with E-state index in [1.54, 1.807) is 6.92 Å². The van der Waals surface area contributed by atoms with Crippen molar-refractivity contribution in [1.82, 2.24) is 10.2 Å². The minimum absolute atomic E-state index is 0.175. The van der Waals surface area contributed by atoms with Crippen molar-refractivity contribution in [1.29, 1.82) is 0 Å². The smallest absolute Gasteiger partial charge is 0.320 e. The molecule has 0 aromatic heterocycles. The summed E-state index contributed by atoms with van der Waals surface area (Å²) in [7, 11) is 0. The molecule has 146 valence electrons. The number of carboxylic acid groups (broad SMARTS) is 1. The molecular formula is C21H34N2O3. The number of allylic oxidation sites excluding steroid dienone is 5. The van der Waals surface area contributed by atoms with Crippen LogP contribution in [0.3, 0.4) is 0 Å². The highest BCUT2D eigenvalue weighted by Crippen LogP contribution is 2.18. The van der Waals surface area contributed by atoms with E-state index >= 15 is 0 Å². The van der Waals surface area contributed by atoms with Crippen LogP contribution >= 0.6 is 0 Å². The molecule has 2 N–H and O–H groups in total. The first-order valence-electron chi connectivity index (χ1n) is 9.85. The van der Waals surface area contributed by atoms with Gasteiger partial charge >= 0.3 is 5.97 Å². The molecule has 0 spiro atoms. The van der Waals surface area contributed by atoms with Gasteiger partial charge in [-0.15, -0.1) is 0 Å². The van der Waals surface area contributed by atoms with Crippen molar-refractivity contribution in [2.45, 2.75) is 64.5 Å². The van der Waals surface area contributed by atoms with Gasteiger partial charge in [0.2, 0.25) is 0 Å². The number of nitrogens with one attached hydrogen (secondary N) is 1. The van der Waals surface area contributed by atoms with E-state index in [9.17, 15) is 4.79 Å². The van der Waals surface area contributed by atoms with Crippen molar-refractivity contribution in [3.8, 4) is 0 Å². The van der Waals surface area contributed by atoms with Crippen molar-refractivity contribution in [2.75, 3.05) is 26.2 Å². The molecule has 0 radical (unpaired) electrons. The normalized spacial score (nSPS) is 22.6. The zero-order chi connectivity index (χ0) is 18.9. The van der Waals surface area contributed by atoms with E-state index in [1.165, 1.54) is 17.7 Å². The molecular weight excluding hydrogens is 328 g/mol. The number of ether oxygens (including phenoxy) is 1. The Morgan fingerprint density at radius 1 is 1.50 bits per heavy atom. The zero-order valence-corrected chi connectivity index (χ0v) is 16.3. The highest BCUT2D eigenvalue weighted by Gasteiger charge is 2.29. The molecule has 5 nitrogen and oxygen atoms in total. The first-order chi connectivity index (χ1) is 12.5. The van der Waals surface area contributed by atoms with Crippen molar-refractivity contribution in [2.24, 2.45) is 0 Å². The minimum Gasteiger partial charge on any atom is -0.480 e. The summed E-state index contributed by atoms with van der Waals surface area (Å²) in [6, 6.07) is -0.420. The molecule has 2 aliphatic heterocycles. The van der Waals surface area contributed by atoms with Gasteiger partial charge in [-0.1, -0.05) is 24.3 Å². The zero-order valence-electron chi connectivity index (χ0n) is 16.3. The fraction of sp³-hybridized carbons (Fsp3) is 0.667. The molecule has 0 aromatic rings. The van der Waals surface area contributed by atoms with Crippen molar-refractivity contribution >= 4 is 5.97 Å². The van der Waals surface area contributed by atoms with Crippen LogP contribution < -0.4 is 5.32 Å². The van der Waals surface area contributed by atoms with Crippen LogP contribution in [0.2, 0.25) is 0 Å². The van der Waals surface area contributed by atoms with Gasteiger partial charge in [0.1, 0.15) is 6.04 Å². The van der Waals surface area contributed by atoms with Gasteiger partial charge in [0.05, 0.1) is 6.10 Å². The van der Waals surface area contributed by atoms with Crippen LogP contribution in [0.1, 0.15) is 52.4 Å². The summed E-state index contributed by atoms with van der Waals surface area (Å²) in [5, 5.41) is 12.5. The van der Waals surface area contributed by atoms with E-state index in [4.69, 9.17) is 9.84 Å². The van der Waals surface area contributed by atoms with Crippen LogP contribution in [0.4, 0.5) is 0 Å². The number of likely N-dealkylation sites (tertiary alicyclic amines) is 1. The molecule has 2 unspecified atom stereocenters. The third-order valence-corrected chi connectivity index (χ3v) is 5.34. The molecule has 2 aliphatic rings. The van der Waals surface area contributed by atoms with E-state index < -0.39 is 12.0 Å². The van der Waals surface area contributed by atoms with E-state index in [1.807, 2.05) is 4.90 Å². The molecule has 2 heterocycles. The van der Waals surface area contributed by atoms with Crippen LogP contribution in [-0.2, 0) is 9.53 Å². The maximum Gasteiger partial charge on any atom is 0.320 e. The van der Waals surface area contributed by atoms with Gasteiger partial charge in [-0.3, -0.25) is 9.69 Å². The number of hydrogen-bond acceptors (Lipinski definition) is 4. The molecule has 5 heteroatoms. The summed E-state index contributed by atoms with van der Waals surface area (Å²) >= 11 is 0. The second-order valence-electron chi connectivity index (χ2n) is 7.42. The van der Waals surface area contributed by atoms with E-state index in [2.05, 4.69) is 31.0 Å². The van der Waals surface area contributed by atoms with Gasteiger partial charge < -0.3 is 15.2 Å². The number of carbonyl (C=O) groups is 1. The predicted molar refractivity (Wildman–Crippen MR) is 105 cm³/mol. The molecule has 0 saturated carbocycles. The Kier molecular flexibility index (Phi) is 8.39. The Bertz CT molecular complexity index is 553. The molecule has 1 fully saturated rings. The lowest BCUT2D eigenvalue weighted by Crippen LogP contribution is -2.37. The Labute approximate surface area is 157 Å². The summed E-state index contributed by atoms with van der Waals surface area (Å²) in [6.45, 7) is 11.4. The lowest BCUT2D eigenvalue weighted by Gasteiger charge is -2.20. The maximum atomic E-state index is 11.0. The standard InChI is InChI=1S/C21H34N2O3/c1-16(9-10-19-8-6-12-22-17(19)2)7-4-5-14-26-20-11-13-23(15-20)18(3)21(24)25/h9-10,18,20,22H,1,4-8,11-15H2,2-3H3,(H,24,25)/b10-9-. The van der Waals surface area contributed by atoms with Gasteiger partial charge in [0.25, 0.3) is 0 Å². The van der Waals surface area contributed by atoms with Gasteiger partial charge in [0, 0.05) is 31.9 Å². The summed E-state index contributed by atoms with van der Waals surface area (Å²) in [5.41, 5.74) is 3.84. The minimum atomic E-state index is -0.757. The second-order valence-corrected chi connectivity index (χ2v) is 7.42. The van der Waals surface area contributed by atoms with Gasteiger partial charge in [-0.05, 0) is 57.9 Å². The van der Waals surface area contributed by atoms with E-state index in [0.717, 1.165) is 63.9 Å². The van der Waals surface area contributed by atoms with Crippen molar-refractivity contribution in [3.63, 3.8) is 0 Å². The number of nitrogens with zero attached hydrogens (tertiary/aromatic N) is 1. The fourth-order valence-electron chi connectivity index (χ4n) is 3.47. The fourth-order valence-corrected chi connectivity index (χ4v) is 3.47. The summed E-state index contributed by atoms with van der Waals surface area (Å²) in [6.07, 6.45) is 10.9. The third-order valence-electron chi connectivity index (χ3n) is 5.34. The molecule has 0 aromatic carbocycles. The highest BCUT2D eigenvalue weighted by molar-refractivity contribution is 5.72. The van der Waals surface area contributed by atoms with Crippen LogP contribution in [-0.4, -0.2) is 54.4 Å². The number of unbranched alkanes of at least 4 members (excludes halogenated alkanes) is 1. The Morgan fingerprint density at radius 3 is 3.04 bits per heavy atom. The molecule has 2 rings (SSSR count). The molecule has 0 bridgehead atoms. The average Bonchev–Trinajstić information content (AvgIpc) is 3.08. The highest BCUT2D eigenvalue weighted by atomic mass is 16.5. The molecule has 2 atom stereocenters. The third kappa shape index (κ3) is 6.61. The van der Waals surface area contributed by atoms with Crippen LogP contribution in [0, 0.1) is 0 Å². The second kappa shape index (κ2) is 10.5. The Hall–Kier alpha value is -1.59. The topological polar surface area (TPSA) is 61.8 Å². The summed E-state index contributed by atoms with van der Waals surface area (Å²) in [4.78, 5) is 13.0. The first kappa shape index (κ1) is 20.7. The maximum absolute atomic E-state index is 11.0. The van der Waals surface area contributed by atoms with E-state index in [-0.39, 0.29) is 6.10 Å². The number of aliphatic carboxylic acids is 1. The largest absolute Gasteiger partial charge is 0.480 e. The summed E-state index contributed by atoms with van der Waals surface area (Å²) < 4.78 is 5.92. The van der Waals surface area contributed by atoms with Crippen LogP contribution in [0.5, 0.6) is 0 Å². The summed E-state index contributed by atoms with van der Waals surface area (Å²) in [5.74, 6) is -0.757. The van der Waals surface area contributed by atoms with Gasteiger partial charge in [-0.2, -0.15) is 0 Å². The SMILES string of the molecule is C=C(/C=C\C1=C(C)NCCC1)CCCCOC1CCN(C(C)C(=O)O)C1. The first-order valence-corrected chi connectivity index (χ1v) is 9.85. The lowest BCUT2D eigenvalue weighted by molar-refractivity contribution is -0.142. The van der Waals surface area contributed by atoms with Crippen molar-refractivity contribution in [3.05, 3.63) is 35.6 Å². The number of carboxylic acids is 1. The lowest BCUT2D eigenvalue weighted by atomic mass is 10.0. The van der Waals surface area contributed by atoms with Crippen LogP contribution in [0.25, 0.3) is 0 Å². The Balaban J connectivity index is 1.57. The molecule has 26 heavy (non-hydrogen) atoms. The molecule has 0 aliphatic carbocycles. The molecule has 0 amide bonds. The van der Waals surface area contributed by atoms with E-state index in [0.29, 0.717) is 0 Å². The van der Waals surface area contributed by atoms with Gasteiger partial charge in [0.15, 0.2) is 0 Å². The average molecular weight is 363 g/mol. The predicted octanol–water partition coefficient (Wildman–Crippen LogP) is 3.49. The Morgan fingerprint density at radius 2 is 2.31 bits per heavy atom. The van der Waals surface area contributed by atoms with Crippen LogP contribution in [0.15, 0.2) is 35.6 Å². The number of hydrogen-bond donors (Lipinski definition) is 2. The van der Waals surface area contributed by atoms with Crippen molar-refractivity contribution < 1.29 is 14.6 Å².